The second-order valence-electron chi connectivity index (χ2n) is 10.4. The van der Waals surface area contributed by atoms with Crippen LogP contribution in [0.5, 0.6) is 0 Å². The highest BCUT2D eigenvalue weighted by Gasteiger charge is 2.27. The van der Waals surface area contributed by atoms with Gasteiger partial charge in [-0.2, -0.15) is 0 Å². The standard InChI is InChI=1S/C35H34N2O/c1-23-13-7-8-15-26(23)29-17-12-20-32(37-29)35(4,5)31(36-6)19-11-14-24(2)33-25(3)21-22-28-27-16-9-10-18-30(27)38-34(28)33/h7-22H,1-6H3/b19-11-,24-14+,36-31?. The first-order chi connectivity index (χ1) is 18.3. The van der Waals surface area contributed by atoms with Crippen LogP contribution in [0.15, 0.2) is 107 Å². The van der Waals surface area contributed by atoms with Crippen molar-refractivity contribution in [3.63, 3.8) is 0 Å². The molecule has 0 aliphatic heterocycles. The molecule has 0 aliphatic rings. The van der Waals surface area contributed by atoms with Gasteiger partial charge in [-0.25, -0.2) is 0 Å². The summed E-state index contributed by atoms with van der Waals surface area (Å²) in [5.41, 5.74) is 10.3. The zero-order valence-corrected chi connectivity index (χ0v) is 23.0. The highest BCUT2D eigenvalue weighted by molar-refractivity contribution is 6.08. The summed E-state index contributed by atoms with van der Waals surface area (Å²) in [4.78, 5) is 9.72. The van der Waals surface area contributed by atoms with Gasteiger partial charge in [0.05, 0.1) is 11.4 Å². The average Bonchev–Trinajstić information content (AvgIpc) is 3.29. The van der Waals surface area contributed by atoms with Gasteiger partial charge in [0.25, 0.3) is 0 Å². The van der Waals surface area contributed by atoms with Gasteiger partial charge in [-0.15, -0.1) is 0 Å². The van der Waals surface area contributed by atoms with Crippen LogP contribution in [0.3, 0.4) is 0 Å². The molecule has 2 aromatic heterocycles. The lowest BCUT2D eigenvalue weighted by Crippen LogP contribution is -2.29. The number of aliphatic imine (C=N–C) groups is 1. The van der Waals surface area contributed by atoms with Crippen LogP contribution < -0.4 is 0 Å². The number of hydrogen-bond donors (Lipinski definition) is 0. The van der Waals surface area contributed by atoms with Gasteiger partial charge in [-0.1, -0.05) is 72.8 Å². The van der Waals surface area contributed by atoms with E-state index in [-0.39, 0.29) is 5.41 Å². The Labute approximate surface area is 225 Å². The molecule has 0 radical (unpaired) electrons. The molecule has 0 aliphatic carbocycles. The smallest absolute Gasteiger partial charge is 0.143 e. The van der Waals surface area contributed by atoms with Crippen LogP contribution in [0, 0.1) is 13.8 Å². The maximum atomic E-state index is 6.31. The molecule has 0 unspecified atom stereocenters. The van der Waals surface area contributed by atoms with E-state index in [0.29, 0.717) is 0 Å². The Hall–Kier alpha value is -4.24. The Morgan fingerprint density at radius 3 is 2.39 bits per heavy atom. The van der Waals surface area contributed by atoms with Crippen molar-refractivity contribution in [3.8, 4) is 11.3 Å². The zero-order chi connectivity index (χ0) is 26.9. The van der Waals surface area contributed by atoms with E-state index in [1.54, 1.807) is 0 Å². The van der Waals surface area contributed by atoms with E-state index in [4.69, 9.17) is 9.40 Å². The molecular weight excluding hydrogens is 464 g/mol. The topological polar surface area (TPSA) is 38.4 Å². The SMILES string of the molecule is CN=C(/C=C\C=C(/C)c1c(C)ccc2c1oc1ccccc12)C(C)(C)c1cccc(-c2ccccc2C)n1. The normalized spacial score (nSPS) is 13.2. The van der Waals surface area contributed by atoms with Gasteiger partial charge in [0.2, 0.25) is 0 Å². The highest BCUT2D eigenvalue weighted by Crippen LogP contribution is 2.35. The lowest BCUT2D eigenvalue weighted by atomic mass is 9.82. The summed E-state index contributed by atoms with van der Waals surface area (Å²) < 4.78 is 6.31. The molecule has 0 saturated carbocycles. The van der Waals surface area contributed by atoms with Crippen LogP contribution in [0.2, 0.25) is 0 Å². The average molecular weight is 499 g/mol. The fourth-order valence-electron chi connectivity index (χ4n) is 5.23. The molecular formula is C35H34N2O. The first-order valence-electron chi connectivity index (χ1n) is 13.1. The Bertz CT molecular complexity index is 1730. The fraction of sp³-hybridized carbons (Fsp3) is 0.200. The van der Waals surface area contributed by atoms with E-state index in [9.17, 15) is 0 Å². The summed E-state index contributed by atoms with van der Waals surface area (Å²) in [6.45, 7) is 10.8. The molecule has 5 rings (SSSR count). The number of allylic oxidation sites excluding steroid dienone is 4. The van der Waals surface area contributed by atoms with Gasteiger partial charge < -0.3 is 4.42 Å². The molecule has 0 spiro atoms. The molecule has 3 nitrogen and oxygen atoms in total. The van der Waals surface area contributed by atoms with Crippen LogP contribution in [0.25, 0.3) is 38.8 Å². The Kier molecular flexibility index (Phi) is 6.86. The van der Waals surface area contributed by atoms with E-state index >= 15 is 0 Å². The number of rotatable bonds is 6. The van der Waals surface area contributed by atoms with E-state index in [0.717, 1.165) is 55.7 Å². The monoisotopic (exact) mass is 498 g/mol. The van der Waals surface area contributed by atoms with Crippen molar-refractivity contribution >= 4 is 33.2 Å². The lowest BCUT2D eigenvalue weighted by Gasteiger charge is -2.25. The van der Waals surface area contributed by atoms with E-state index < -0.39 is 0 Å². The molecule has 0 amide bonds. The van der Waals surface area contributed by atoms with Crippen molar-refractivity contribution in [3.05, 3.63) is 119 Å². The fourth-order valence-corrected chi connectivity index (χ4v) is 5.23. The molecule has 0 atom stereocenters. The predicted molar refractivity (Wildman–Crippen MR) is 162 cm³/mol. The zero-order valence-electron chi connectivity index (χ0n) is 23.0. The number of pyridine rings is 1. The molecule has 0 bridgehead atoms. The van der Waals surface area contributed by atoms with Gasteiger partial charge in [-0.05, 0) is 75.6 Å². The van der Waals surface area contributed by atoms with E-state index in [1.807, 2.05) is 19.2 Å². The summed E-state index contributed by atoms with van der Waals surface area (Å²) in [5.74, 6) is 0. The second kappa shape index (κ2) is 10.3. The molecule has 3 aromatic carbocycles. The minimum atomic E-state index is -0.361. The van der Waals surface area contributed by atoms with Crippen molar-refractivity contribution < 1.29 is 4.42 Å². The molecule has 190 valence electrons. The molecule has 3 heteroatoms. The second-order valence-corrected chi connectivity index (χ2v) is 10.4. The number of aromatic nitrogens is 1. The minimum absolute atomic E-state index is 0.361. The summed E-state index contributed by atoms with van der Waals surface area (Å²) in [6, 6.07) is 27.2. The van der Waals surface area contributed by atoms with Crippen LogP contribution in [-0.2, 0) is 5.41 Å². The summed E-state index contributed by atoms with van der Waals surface area (Å²) >= 11 is 0. The Morgan fingerprint density at radius 1 is 0.842 bits per heavy atom. The molecule has 2 heterocycles. The third kappa shape index (κ3) is 4.61. The number of hydrogen-bond acceptors (Lipinski definition) is 3. The Morgan fingerprint density at radius 2 is 1.61 bits per heavy atom. The van der Waals surface area contributed by atoms with Crippen LogP contribution in [0.1, 0.15) is 43.2 Å². The largest absolute Gasteiger partial charge is 0.455 e. The first-order valence-corrected chi connectivity index (χ1v) is 13.1. The van der Waals surface area contributed by atoms with E-state index in [2.05, 4.69) is 125 Å². The number of aryl methyl sites for hydroxylation is 2. The number of furan rings is 1. The minimum Gasteiger partial charge on any atom is -0.455 e. The van der Waals surface area contributed by atoms with Gasteiger partial charge in [-0.3, -0.25) is 9.98 Å². The predicted octanol–water partition coefficient (Wildman–Crippen LogP) is 9.27. The maximum absolute atomic E-state index is 6.31. The van der Waals surface area contributed by atoms with E-state index in [1.165, 1.54) is 11.1 Å². The molecule has 38 heavy (non-hydrogen) atoms. The van der Waals surface area contributed by atoms with Crippen molar-refractivity contribution in [2.24, 2.45) is 4.99 Å². The lowest BCUT2D eigenvalue weighted by molar-refractivity contribution is 0.667. The molecule has 0 fully saturated rings. The third-order valence-electron chi connectivity index (χ3n) is 7.44. The number of para-hydroxylation sites is 1. The van der Waals surface area contributed by atoms with Crippen LogP contribution in [0.4, 0.5) is 0 Å². The van der Waals surface area contributed by atoms with Crippen molar-refractivity contribution in [1.82, 2.24) is 4.98 Å². The summed E-state index contributed by atoms with van der Waals surface area (Å²) in [5, 5.41) is 2.30. The Balaban J connectivity index is 1.47. The number of fused-ring (bicyclic) bond motifs is 3. The number of nitrogens with zero attached hydrogens (tertiary/aromatic N) is 2. The van der Waals surface area contributed by atoms with Gasteiger partial charge in [0.15, 0.2) is 0 Å². The van der Waals surface area contributed by atoms with Gasteiger partial charge in [0.1, 0.15) is 11.2 Å². The highest BCUT2D eigenvalue weighted by atomic mass is 16.3. The quantitative estimate of drug-likeness (QED) is 0.173. The molecule has 0 saturated heterocycles. The summed E-state index contributed by atoms with van der Waals surface area (Å²) in [6.07, 6.45) is 6.33. The first kappa shape index (κ1) is 25.4. The third-order valence-corrected chi connectivity index (χ3v) is 7.44. The van der Waals surface area contributed by atoms with Gasteiger partial charge in [0, 0.05) is 40.1 Å². The van der Waals surface area contributed by atoms with Crippen LogP contribution >= 0.6 is 0 Å². The van der Waals surface area contributed by atoms with Crippen molar-refractivity contribution in [2.75, 3.05) is 7.05 Å². The molecule has 5 aromatic rings. The maximum Gasteiger partial charge on any atom is 0.143 e. The molecule has 0 N–H and O–H groups in total. The van der Waals surface area contributed by atoms with Crippen molar-refractivity contribution in [2.45, 2.75) is 40.0 Å². The summed E-state index contributed by atoms with van der Waals surface area (Å²) in [7, 11) is 1.85. The van der Waals surface area contributed by atoms with Gasteiger partial charge >= 0.3 is 0 Å². The van der Waals surface area contributed by atoms with Crippen LogP contribution in [-0.4, -0.2) is 17.7 Å². The number of benzene rings is 3. The van der Waals surface area contributed by atoms with Crippen molar-refractivity contribution in [1.29, 1.82) is 0 Å².